The van der Waals surface area contributed by atoms with Crippen molar-refractivity contribution in [2.75, 3.05) is 18.1 Å². The predicted molar refractivity (Wildman–Crippen MR) is 71.6 cm³/mol. The zero-order chi connectivity index (χ0) is 13.2. The Morgan fingerprint density at radius 2 is 2.39 bits per heavy atom. The van der Waals surface area contributed by atoms with Crippen molar-refractivity contribution in [1.82, 2.24) is 10.1 Å². The summed E-state index contributed by atoms with van der Waals surface area (Å²) in [6.07, 6.45) is 1.25. The van der Waals surface area contributed by atoms with Gasteiger partial charge in [0.1, 0.15) is 5.54 Å². The fraction of sp³-hybridized carbons (Fsp3) is 0.833. The summed E-state index contributed by atoms with van der Waals surface area (Å²) in [4.78, 5) is 4.45. The molecule has 0 aliphatic carbocycles. The fourth-order valence-corrected chi connectivity index (χ4v) is 2.98. The molecule has 0 amide bonds. The quantitative estimate of drug-likeness (QED) is 0.881. The molecule has 2 heterocycles. The van der Waals surface area contributed by atoms with Gasteiger partial charge in [-0.15, -0.1) is 0 Å². The first kappa shape index (κ1) is 13.8. The van der Waals surface area contributed by atoms with Gasteiger partial charge in [-0.1, -0.05) is 5.16 Å². The Hall–Kier alpha value is -0.590. The largest absolute Gasteiger partial charge is 0.376 e. The number of hydrogen-bond acceptors (Lipinski definition) is 6. The summed E-state index contributed by atoms with van der Waals surface area (Å²) in [5, 5.41) is 4.01. The Balaban J connectivity index is 2.03. The maximum atomic E-state index is 6.18. The summed E-state index contributed by atoms with van der Waals surface area (Å²) in [7, 11) is 0. The van der Waals surface area contributed by atoms with Gasteiger partial charge in [-0.05, 0) is 32.9 Å². The third-order valence-electron chi connectivity index (χ3n) is 2.95. The molecule has 2 atom stereocenters. The van der Waals surface area contributed by atoms with Crippen LogP contribution in [-0.2, 0) is 10.3 Å². The number of aromatic nitrogens is 2. The highest BCUT2D eigenvalue weighted by Crippen LogP contribution is 2.32. The third kappa shape index (κ3) is 3.24. The van der Waals surface area contributed by atoms with Crippen LogP contribution in [0.1, 0.15) is 44.8 Å². The highest BCUT2D eigenvalue weighted by atomic mass is 32.2. The van der Waals surface area contributed by atoms with E-state index in [9.17, 15) is 0 Å². The van der Waals surface area contributed by atoms with Crippen molar-refractivity contribution in [3.8, 4) is 0 Å². The molecule has 2 N–H and O–H groups in total. The van der Waals surface area contributed by atoms with Gasteiger partial charge >= 0.3 is 0 Å². The van der Waals surface area contributed by atoms with Crippen molar-refractivity contribution in [1.29, 1.82) is 0 Å². The van der Waals surface area contributed by atoms with E-state index in [1.54, 1.807) is 0 Å². The summed E-state index contributed by atoms with van der Waals surface area (Å²) >= 11 is 1.92. The second kappa shape index (κ2) is 5.59. The van der Waals surface area contributed by atoms with Gasteiger partial charge < -0.3 is 15.0 Å². The van der Waals surface area contributed by atoms with Gasteiger partial charge in [-0.25, -0.2) is 0 Å². The van der Waals surface area contributed by atoms with E-state index in [4.69, 9.17) is 15.0 Å². The van der Waals surface area contributed by atoms with Crippen LogP contribution in [0.25, 0.3) is 0 Å². The van der Waals surface area contributed by atoms with Crippen LogP contribution in [0.5, 0.6) is 0 Å². The van der Waals surface area contributed by atoms with Crippen LogP contribution in [0.3, 0.4) is 0 Å². The van der Waals surface area contributed by atoms with E-state index in [2.05, 4.69) is 10.1 Å². The summed E-state index contributed by atoms with van der Waals surface area (Å²) in [5.41, 5.74) is 5.49. The number of nitrogens with zero attached hydrogens (tertiary/aromatic N) is 2. The lowest BCUT2D eigenvalue weighted by Gasteiger charge is -2.21. The van der Waals surface area contributed by atoms with Crippen molar-refractivity contribution in [2.45, 2.75) is 44.8 Å². The first-order valence-electron chi connectivity index (χ1n) is 6.31. The minimum Gasteiger partial charge on any atom is -0.376 e. The lowest BCUT2D eigenvalue weighted by molar-refractivity contribution is 0.0410. The Kier molecular flexibility index (Phi) is 4.29. The lowest BCUT2D eigenvalue weighted by atomic mass is 10.0. The molecule has 0 spiro atoms. The number of thioether (sulfide) groups is 1. The fourth-order valence-electron chi connectivity index (χ4n) is 1.77. The van der Waals surface area contributed by atoms with Crippen LogP contribution in [0.15, 0.2) is 4.52 Å². The molecule has 1 saturated heterocycles. The van der Waals surface area contributed by atoms with Crippen LogP contribution in [0.4, 0.5) is 0 Å². The average molecular weight is 271 g/mol. The average Bonchev–Trinajstić information content (AvgIpc) is 2.96. The second-order valence-corrected chi connectivity index (χ2v) is 6.44. The van der Waals surface area contributed by atoms with Crippen molar-refractivity contribution in [2.24, 2.45) is 5.73 Å². The lowest BCUT2D eigenvalue weighted by Crippen LogP contribution is -2.40. The van der Waals surface area contributed by atoms with Crippen molar-refractivity contribution >= 4 is 11.8 Å². The topological polar surface area (TPSA) is 74.2 Å². The first-order valence-corrected chi connectivity index (χ1v) is 7.47. The van der Waals surface area contributed by atoms with Gasteiger partial charge in [0.2, 0.25) is 5.89 Å². The molecule has 2 unspecified atom stereocenters. The summed E-state index contributed by atoms with van der Waals surface area (Å²) in [6, 6.07) is 0. The van der Waals surface area contributed by atoms with E-state index in [0.717, 1.165) is 18.1 Å². The molecule has 1 aliphatic heterocycles. The SMILES string of the molecule is CC(C)OCC(C)(N)c1noc(C2CCSC2)n1. The molecular formula is C12H21N3O2S. The van der Waals surface area contributed by atoms with E-state index in [-0.39, 0.29) is 6.10 Å². The smallest absolute Gasteiger partial charge is 0.230 e. The molecule has 1 aromatic rings. The van der Waals surface area contributed by atoms with Crippen LogP contribution in [0.2, 0.25) is 0 Å². The minimum atomic E-state index is -0.697. The maximum Gasteiger partial charge on any atom is 0.230 e. The first-order chi connectivity index (χ1) is 8.49. The molecule has 1 fully saturated rings. The van der Waals surface area contributed by atoms with Crippen LogP contribution in [-0.4, -0.2) is 34.4 Å². The molecule has 2 rings (SSSR count). The third-order valence-corrected chi connectivity index (χ3v) is 4.11. The zero-order valence-electron chi connectivity index (χ0n) is 11.2. The number of rotatable bonds is 5. The molecule has 0 saturated carbocycles. The van der Waals surface area contributed by atoms with Gasteiger partial charge in [0, 0.05) is 11.7 Å². The highest BCUT2D eigenvalue weighted by molar-refractivity contribution is 7.99. The molecular weight excluding hydrogens is 250 g/mol. The molecule has 1 aliphatic rings. The van der Waals surface area contributed by atoms with Crippen molar-refractivity contribution in [3.05, 3.63) is 11.7 Å². The molecule has 0 bridgehead atoms. The van der Waals surface area contributed by atoms with Crippen LogP contribution < -0.4 is 5.73 Å². The van der Waals surface area contributed by atoms with E-state index >= 15 is 0 Å². The number of hydrogen-bond donors (Lipinski definition) is 1. The molecule has 6 heteroatoms. The Labute approximate surface area is 112 Å². The van der Waals surface area contributed by atoms with Gasteiger partial charge in [0.05, 0.1) is 12.7 Å². The van der Waals surface area contributed by atoms with Crippen LogP contribution in [0, 0.1) is 0 Å². The molecule has 0 aromatic carbocycles. The highest BCUT2D eigenvalue weighted by Gasteiger charge is 2.31. The monoisotopic (exact) mass is 271 g/mol. The molecule has 102 valence electrons. The second-order valence-electron chi connectivity index (χ2n) is 5.29. The summed E-state index contributed by atoms with van der Waals surface area (Å²) < 4.78 is 10.9. The Morgan fingerprint density at radius 3 is 3.00 bits per heavy atom. The van der Waals surface area contributed by atoms with Gasteiger partial charge in [-0.3, -0.25) is 0 Å². The maximum absolute atomic E-state index is 6.18. The van der Waals surface area contributed by atoms with Gasteiger partial charge in [-0.2, -0.15) is 16.7 Å². The molecule has 0 radical (unpaired) electrons. The Morgan fingerprint density at radius 1 is 1.61 bits per heavy atom. The van der Waals surface area contributed by atoms with Gasteiger partial charge in [0.25, 0.3) is 0 Å². The van der Waals surface area contributed by atoms with Crippen LogP contribution >= 0.6 is 11.8 Å². The van der Waals surface area contributed by atoms with E-state index in [1.807, 2.05) is 32.5 Å². The van der Waals surface area contributed by atoms with E-state index in [0.29, 0.717) is 18.3 Å². The van der Waals surface area contributed by atoms with Crippen molar-refractivity contribution in [3.63, 3.8) is 0 Å². The zero-order valence-corrected chi connectivity index (χ0v) is 12.0. The summed E-state index contributed by atoms with van der Waals surface area (Å²) in [5.74, 6) is 3.87. The minimum absolute atomic E-state index is 0.144. The number of nitrogens with two attached hydrogens (primary N) is 1. The van der Waals surface area contributed by atoms with Gasteiger partial charge in [0.15, 0.2) is 5.82 Å². The van der Waals surface area contributed by atoms with E-state index < -0.39 is 5.54 Å². The normalized spacial score (nSPS) is 23.5. The Bertz CT molecular complexity index is 386. The predicted octanol–water partition coefficient (Wildman–Crippen LogP) is 1.89. The molecule has 5 nitrogen and oxygen atoms in total. The summed E-state index contributed by atoms with van der Waals surface area (Å²) in [6.45, 7) is 6.22. The number of ether oxygens (including phenoxy) is 1. The van der Waals surface area contributed by atoms with Crippen molar-refractivity contribution < 1.29 is 9.26 Å². The standard InChI is InChI=1S/C12H21N3O2S/c1-8(2)16-7-12(3,13)11-14-10(17-15-11)9-4-5-18-6-9/h8-9H,4-7,13H2,1-3H3. The van der Waals surface area contributed by atoms with E-state index in [1.165, 1.54) is 5.75 Å². The molecule has 1 aromatic heterocycles. The molecule has 18 heavy (non-hydrogen) atoms.